The molecule has 0 saturated heterocycles. The van der Waals surface area contributed by atoms with E-state index in [9.17, 15) is 4.55 Å². The number of pyridine rings is 2. The molecule has 0 aliphatic heterocycles. The Morgan fingerprint density at radius 2 is 2.06 bits per heavy atom. The molecule has 1 atom stereocenters. The first-order chi connectivity index (χ1) is 15.5. The quantitative estimate of drug-likeness (QED) is 0.389. The van der Waals surface area contributed by atoms with Crippen molar-refractivity contribution in [2.75, 3.05) is 5.73 Å². The summed E-state index contributed by atoms with van der Waals surface area (Å²) in [5.74, 6) is 0. The van der Waals surface area contributed by atoms with Gasteiger partial charge in [0.2, 0.25) is 0 Å². The molecule has 1 aliphatic carbocycles. The van der Waals surface area contributed by atoms with E-state index in [0.717, 1.165) is 49.8 Å². The summed E-state index contributed by atoms with van der Waals surface area (Å²) >= 11 is 0.622. The molecule has 11 heteroatoms. The highest BCUT2D eigenvalue weighted by Crippen LogP contribution is 2.45. The van der Waals surface area contributed by atoms with Crippen LogP contribution in [0.25, 0.3) is 43.9 Å². The van der Waals surface area contributed by atoms with Gasteiger partial charge in [0.1, 0.15) is 16.0 Å². The molecule has 5 heterocycles. The Morgan fingerprint density at radius 3 is 2.78 bits per heavy atom. The molecular weight excluding hydrogens is 444 g/mol. The van der Waals surface area contributed by atoms with Gasteiger partial charge in [-0.3, -0.25) is 4.68 Å². The summed E-state index contributed by atoms with van der Waals surface area (Å²) in [5.41, 5.74) is 12.2. The summed E-state index contributed by atoms with van der Waals surface area (Å²) in [5, 5.41) is 13.8. The number of aryl methyl sites for hydroxylation is 2. The van der Waals surface area contributed by atoms with Crippen LogP contribution in [0.4, 0.5) is 5.69 Å². The maximum Gasteiger partial charge on any atom is 0.269 e. The molecule has 9 nitrogen and oxygen atoms in total. The van der Waals surface area contributed by atoms with Gasteiger partial charge in [-0.2, -0.15) is 9.65 Å². The van der Waals surface area contributed by atoms with Crippen molar-refractivity contribution in [3.63, 3.8) is 0 Å². The highest BCUT2D eigenvalue weighted by molar-refractivity contribution is 7.94. The van der Waals surface area contributed by atoms with Crippen molar-refractivity contribution >= 4 is 49.6 Å². The minimum absolute atomic E-state index is 0.299. The molecule has 5 aromatic heterocycles. The van der Waals surface area contributed by atoms with Crippen LogP contribution in [0.2, 0.25) is 0 Å². The molecule has 1 aliphatic rings. The maximum atomic E-state index is 11.0. The molecule has 6 rings (SSSR count). The van der Waals surface area contributed by atoms with Crippen molar-refractivity contribution in [1.29, 1.82) is 0 Å². The van der Waals surface area contributed by atoms with E-state index in [4.69, 9.17) is 10.7 Å². The Bertz CT molecular complexity index is 1480. The van der Waals surface area contributed by atoms with Gasteiger partial charge in [0, 0.05) is 43.0 Å². The Hall–Kier alpha value is -3.02. The third-order valence-electron chi connectivity index (χ3n) is 6.06. The zero-order valence-corrected chi connectivity index (χ0v) is 19.2. The Kier molecular flexibility index (Phi) is 4.46. The van der Waals surface area contributed by atoms with Crippen LogP contribution >= 0.6 is 11.3 Å². The number of aromatic nitrogens is 7. The summed E-state index contributed by atoms with van der Waals surface area (Å²) in [6.07, 6.45) is 6.81. The number of rotatable bonds is 4. The highest BCUT2D eigenvalue weighted by atomic mass is 32.2. The molecule has 1 fully saturated rings. The maximum absolute atomic E-state index is 11.0. The normalized spacial score (nSPS) is 15.5. The fourth-order valence-corrected chi connectivity index (χ4v) is 7.31. The molecule has 0 amide bonds. The van der Waals surface area contributed by atoms with Crippen LogP contribution in [0, 0.1) is 0 Å². The summed E-state index contributed by atoms with van der Waals surface area (Å²) in [7, 11) is 3.72. The van der Waals surface area contributed by atoms with Gasteiger partial charge in [-0.15, -0.1) is 5.10 Å². The predicted molar refractivity (Wildman–Crippen MR) is 127 cm³/mol. The third-order valence-corrected chi connectivity index (χ3v) is 9.41. The van der Waals surface area contributed by atoms with Gasteiger partial charge in [0.15, 0.2) is 22.1 Å². The highest BCUT2D eigenvalue weighted by Gasteiger charge is 2.41. The van der Waals surface area contributed by atoms with Crippen LogP contribution in [-0.2, 0) is 25.3 Å². The Labute approximate surface area is 190 Å². The number of nitrogens with zero attached hydrogens (tertiary/aromatic N) is 7. The number of hydrogen-bond acceptors (Lipinski definition) is 8. The van der Waals surface area contributed by atoms with Crippen LogP contribution < -0.4 is 5.73 Å². The summed E-state index contributed by atoms with van der Waals surface area (Å²) in [6, 6.07) is 5.92. The minimum Gasteiger partial charge on any atom is -0.393 e. The van der Waals surface area contributed by atoms with Crippen molar-refractivity contribution in [2.24, 2.45) is 14.1 Å². The molecule has 0 aromatic carbocycles. The van der Waals surface area contributed by atoms with E-state index in [-0.39, 0.29) is 0 Å². The van der Waals surface area contributed by atoms with Crippen LogP contribution in [0.3, 0.4) is 0 Å². The number of nitrogens with two attached hydrogens (primary N) is 1. The average molecular weight is 466 g/mol. The van der Waals surface area contributed by atoms with Crippen molar-refractivity contribution in [1.82, 2.24) is 34.7 Å². The van der Waals surface area contributed by atoms with Crippen molar-refractivity contribution in [2.45, 2.75) is 28.7 Å². The Morgan fingerprint density at radius 1 is 1.22 bits per heavy atom. The van der Waals surface area contributed by atoms with Crippen molar-refractivity contribution < 1.29 is 4.55 Å². The van der Waals surface area contributed by atoms with E-state index in [2.05, 4.69) is 20.4 Å². The monoisotopic (exact) mass is 465 g/mol. The summed E-state index contributed by atoms with van der Waals surface area (Å²) in [6.45, 7) is 0. The first-order valence-corrected chi connectivity index (χ1v) is 12.4. The van der Waals surface area contributed by atoms with Crippen LogP contribution in [0.15, 0.2) is 34.8 Å². The summed E-state index contributed by atoms with van der Waals surface area (Å²) < 4.78 is 15.3. The molecule has 0 bridgehead atoms. The molecule has 5 aromatic rings. The molecule has 3 N–H and O–H groups in total. The van der Waals surface area contributed by atoms with Crippen LogP contribution in [0.1, 0.15) is 19.3 Å². The van der Waals surface area contributed by atoms with Crippen molar-refractivity contribution in [3.05, 3.63) is 30.6 Å². The number of hydrogen-bond donors (Lipinski definition) is 2. The smallest absolute Gasteiger partial charge is 0.269 e. The second-order valence-electron chi connectivity index (χ2n) is 8.03. The molecular formula is C21H21N8OS2+. The molecule has 1 saturated carbocycles. The fraction of sp³-hybridized carbons (Fsp3) is 0.286. The lowest BCUT2D eigenvalue weighted by atomic mass is 10.00. The lowest BCUT2D eigenvalue weighted by molar-refractivity contribution is 0.487. The van der Waals surface area contributed by atoms with Gasteiger partial charge in [-0.1, -0.05) is 16.6 Å². The standard InChI is InChI=1S/C21H21N8OS2/c1-28-16(6-7-24-28)13-9-14(11-8-15-19(23-10-11)29(2)27-26-15)25-20-17(13)18(22)21(31-20)32(30)12-4-3-5-12/h6-10,12,30H,3-5,22H2,1-2H3/q+1. The SMILES string of the molecule is Cn1nccc1-c1cc(-c2cnc3c(c2)nnn3C)nc2sc([S+](O)C3CCC3)c(N)c12. The average Bonchev–Trinajstić information content (AvgIpc) is 3.43. The van der Waals surface area contributed by atoms with E-state index in [1.165, 1.54) is 17.8 Å². The van der Waals surface area contributed by atoms with E-state index in [1.54, 1.807) is 17.1 Å². The minimum atomic E-state index is -0.865. The second-order valence-corrected chi connectivity index (χ2v) is 11.0. The third kappa shape index (κ3) is 2.92. The number of anilines is 1. The van der Waals surface area contributed by atoms with Gasteiger partial charge in [-0.25, -0.2) is 14.6 Å². The van der Waals surface area contributed by atoms with Gasteiger partial charge in [-0.05, 0) is 37.5 Å². The van der Waals surface area contributed by atoms with Crippen LogP contribution in [0.5, 0.6) is 0 Å². The second kappa shape index (κ2) is 7.26. The van der Waals surface area contributed by atoms with E-state index in [0.29, 0.717) is 22.1 Å². The number of fused-ring (bicyclic) bond motifs is 2. The van der Waals surface area contributed by atoms with Crippen molar-refractivity contribution in [3.8, 4) is 22.5 Å². The fourth-order valence-electron chi connectivity index (χ4n) is 4.06. The number of thiophene rings is 1. The van der Waals surface area contributed by atoms with E-state index < -0.39 is 11.2 Å². The van der Waals surface area contributed by atoms with Gasteiger partial charge in [0.05, 0.1) is 11.4 Å². The number of nitrogen functional groups attached to an aromatic ring is 1. The molecule has 32 heavy (non-hydrogen) atoms. The predicted octanol–water partition coefficient (Wildman–Crippen LogP) is 3.63. The molecule has 162 valence electrons. The molecule has 1 unspecified atom stereocenters. The van der Waals surface area contributed by atoms with Gasteiger partial charge >= 0.3 is 0 Å². The lowest BCUT2D eigenvalue weighted by Gasteiger charge is -2.19. The van der Waals surface area contributed by atoms with Gasteiger partial charge < -0.3 is 5.73 Å². The first-order valence-electron chi connectivity index (χ1n) is 10.3. The molecule has 0 spiro atoms. The first kappa shape index (κ1) is 19.6. The topological polar surface area (TPSA) is 121 Å². The zero-order valence-electron chi connectivity index (χ0n) is 17.6. The Balaban J connectivity index is 1.59. The largest absolute Gasteiger partial charge is 0.393 e. The van der Waals surface area contributed by atoms with E-state index in [1.807, 2.05) is 37.0 Å². The zero-order chi connectivity index (χ0) is 22.0. The van der Waals surface area contributed by atoms with Crippen LogP contribution in [-0.4, -0.2) is 44.5 Å². The van der Waals surface area contributed by atoms with E-state index >= 15 is 0 Å². The molecule has 0 radical (unpaired) electrons. The van der Waals surface area contributed by atoms with Gasteiger partial charge in [0.25, 0.3) is 4.21 Å². The lowest BCUT2D eigenvalue weighted by Crippen LogP contribution is -2.28. The summed E-state index contributed by atoms with van der Waals surface area (Å²) in [4.78, 5) is 10.3.